The van der Waals surface area contributed by atoms with Crippen molar-refractivity contribution < 1.29 is 26.7 Å². The van der Waals surface area contributed by atoms with Crippen LogP contribution in [0.2, 0.25) is 0 Å². The van der Waals surface area contributed by atoms with Crippen molar-refractivity contribution in [3.05, 3.63) is 29.3 Å². The summed E-state index contributed by atoms with van der Waals surface area (Å²) >= 11 is 0. The molecule has 0 atom stereocenters. The van der Waals surface area contributed by atoms with Crippen LogP contribution in [0.5, 0.6) is 0 Å². The molecule has 0 amide bonds. The van der Waals surface area contributed by atoms with Crippen molar-refractivity contribution in [2.75, 3.05) is 13.2 Å². The van der Waals surface area contributed by atoms with E-state index in [1.54, 1.807) is 13.8 Å². The fourth-order valence-corrected chi connectivity index (χ4v) is 3.96. The number of rotatable bonds is 5. The van der Waals surface area contributed by atoms with Crippen molar-refractivity contribution in [1.82, 2.24) is 4.31 Å². The van der Waals surface area contributed by atoms with Gasteiger partial charge in [-0.25, -0.2) is 8.42 Å². The lowest BCUT2D eigenvalue weighted by atomic mass is 10.1. The predicted molar refractivity (Wildman–Crippen MR) is 72.3 cm³/mol. The highest BCUT2D eigenvalue weighted by Crippen LogP contribution is 2.35. The minimum absolute atomic E-state index is 0.171. The molecular weight excluding hydrogens is 307 g/mol. The maximum absolute atomic E-state index is 12.9. The lowest BCUT2D eigenvalue weighted by Crippen LogP contribution is -2.39. The fourth-order valence-electron chi connectivity index (χ4n) is 2.08. The van der Waals surface area contributed by atoms with Gasteiger partial charge in [-0.3, -0.25) is 0 Å². The molecule has 1 rings (SSSR count). The van der Waals surface area contributed by atoms with Gasteiger partial charge in [0, 0.05) is 12.6 Å². The SMILES string of the molecule is Cc1c(C(F)(F)F)cccc1S(=O)(=O)N(CCO)C(C)C. The van der Waals surface area contributed by atoms with Gasteiger partial charge >= 0.3 is 6.18 Å². The van der Waals surface area contributed by atoms with E-state index in [9.17, 15) is 21.6 Å². The number of benzene rings is 1. The first-order valence-corrected chi connectivity index (χ1v) is 7.77. The van der Waals surface area contributed by atoms with Gasteiger partial charge in [-0.1, -0.05) is 6.07 Å². The number of halogens is 3. The molecule has 1 N–H and O–H groups in total. The highest BCUT2D eigenvalue weighted by Gasteiger charge is 2.36. The van der Waals surface area contributed by atoms with E-state index >= 15 is 0 Å². The van der Waals surface area contributed by atoms with Crippen molar-refractivity contribution in [2.45, 2.75) is 37.9 Å². The summed E-state index contributed by atoms with van der Waals surface area (Å²) < 4.78 is 64.6. The van der Waals surface area contributed by atoms with E-state index in [0.29, 0.717) is 0 Å². The van der Waals surface area contributed by atoms with E-state index in [-0.39, 0.29) is 17.0 Å². The molecule has 0 aliphatic rings. The molecule has 0 saturated carbocycles. The van der Waals surface area contributed by atoms with Crippen LogP contribution in [0.3, 0.4) is 0 Å². The highest BCUT2D eigenvalue weighted by molar-refractivity contribution is 7.89. The van der Waals surface area contributed by atoms with E-state index in [1.807, 2.05) is 0 Å². The topological polar surface area (TPSA) is 57.6 Å². The van der Waals surface area contributed by atoms with Crippen LogP contribution in [0.4, 0.5) is 13.2 Å². The Kier molecular flexibility index (Phi) is 5.40. The molecular formula is C13H18F3NO3S. The fraction of sp³-hybridized carbons (Fsp3) is 0.538. The van der Waals surface area contributed by atoms with Crippen LogP contribution in [0, 0.1) is 6.92 Å². The molecule has 0 saturated heterocycles. The first kappa shape index (κ1) is 17.9. The molecule has 1 aromatic rings. The highest BCUT2D eigenvalue weighted by atomic mass is 32.2. The summed E-state index contributed by atoms with van der Waals surface area (Å²) in [6, 6.07) is 2.59. The molecule has 120 valence electrons. The summed E-state index contributed by atoms with van der Waals surface area (Å²) in [5.41, 5.74) is -1.31. The van der Waals surface area contributed by atoms with Crippen molar-refractivity contribution >= 4 is 10.0 Å². The van der Waals surface area contributed by atoms with Gasteiger partial charge in [-0.05, 0) is 38.5 Å². The zero-order valence-corrected chi connectivity index (χ0v) is 12.8. The van der Waals surface area contributed by atoms with Gasteiger partial charge in [0.15, 0.2) is 0 Å². The molecule has 0 aromatic heterocycles. The van der Waals surface area contributed by atoms with Gasteiger partial charge in [0.05, 0.1) is 17.1 Å². The summed E-state index contributed by atoms with van der Waals surface area (Å²) in [5, 5.41) is 8.96. The zero-order valence-electron chi connectivity index (χ0n) is 12.0. The Balaban J connectivity index is 3.45. The van der Waals surface area contributed by atoms with Crippen LogP contribution in [-0.4, -0.2) is 37.0 Å². The molecule has 0 fully saturated rings. The molecule has 0 bridgehead atoms. The second kappa shape index (κ2) is 6.33. The number of hydrogen-bond donors (Lipinski definition) is 1. The van der Waals surface area contributed by atoms with Crippen LogP contribution >= 0.6 is 0 Å². The third-order valence-electron chi connectivity index (χ3n) is 3.07. The maximum atomic E-state index is 12.9. The Morgan fingerprint density at radius 1 is 1.29 bits per heavy atom. The van der Waals surface area contributed by atoms with E-state index in [1.165, 1.54) is 0 Å². The van der Waals surface area contributed by atoms with Gasteiger partial charge in [0.25, 0.3) is 0 Å². The van der Waals surface area contributed by atoms with Crippen LogP contribution in [0.15, 0.2) is 23.1 Å². The lowest BCUT2D eigenvalue weighted by Gasteiger charge is -2.26. The lowest BCUT2D eigenvalue weighted by molar-refractivity contribution is -0.138. The van der Waals surface area contributed by atoms with E-state index < -0.39 is 34.4 Å². The predicted octanol–water partition coefficient (Wildman–Crippen LogP) is 2.41. The largest absolute Gasteiger partial charge is 0.416 e. The number of sulfonamides is 1. The number of nitrogens with zero attached hydrogens (tertiary/aromatic N) is 1. The first-order valence-electron chi connectivity index (χ1n) is 6.33. The van der Waals surface area contributed by atoms with E-state index in [2.05, 4.69) is 0 Å². The van der Waals surface area contributed by atoms with Gasteiger partial charge in [0.1, 0.15) is 0 Å². The normalized spacial score (nSPS) is 13.2. The van der Waals surface area contributed by atoms with Crippen molar-refractivity contribution in [1.29, 1.82) is 0 Å². The Hall–Kier alpha value is -1.12. The molecule has 21 heavy (non-hydrogen) atoms. The zero-order chi connectivity index (χ0) is 16.4. The van der Waals surface area contributed by atoms with Crippen molar-refractivity contribution in [2.24, 2.45) is 0 Å². The smallest absolute Gasteiger partial charge is 0.395 e. The monoisotopic (exact) mass is 325 g/mol. The standard InChI is InChI=1S/C13H18F3NO3S/c1-9(2)17(7-8-18)21(19,20)12-6-4-5-11(10(12)3)13(14,15)16/h4-6,9,18H,7-8H2,1-3H3. The van der Waals surface area contributed by atoms with E-state index in [0.717, 1.165) is 29.4 Å². The summed E-state index contributed by atoms with van der Waals surface area (Å²) in [7, 11) is -4.10. The summed E-state index contributed by atoms with van der Waals surface area (Å²) in [6.07, 6.45) is -4.62. The van der Waals surface area contributed by atoms with Crippen LogP contribution in [0.25, 0.3) is 0 Å². The Morgan fingerprint density at radius 3 is 2.29 bits per heavy atom. The van der Waals surface area contributed by atoms with Gasteiger partial charge in [-0.2, -0.15) is 17.5 Å². The molecule has 4 nitrogen and oxygen atoms in total. The second-order valence-electron chi connectivity index (χ2n) is 4.86. The van der Waals surface area contributed by atoms with Gasteiger partial charge < -0.3 is 5.11 Å². The van der Waals surface area contributed by atoms with Gasteiger partial charge in [0.2, 0.25) is 10.0 Å². The Morgan fingerprint density at radius 2 is 1.86 bits per heavy atom. The van der Waals surface area contributed by atoms with Crippen molar-refractivity contribution in [3.63, 3.8) is 0 Å². The summed E-state index contributed by atoms with van der Waals surface area (Å²) in [4.78, 5) is -0.389. The number of hydrogen-bond acceptors (Lipinski definition) is 3. The average Bonchev–Trinajstić information content (AvgIpc) is 2.33. The van der Waals surface area contributed by atoms with Crippen molar-refractivity contribution in [3.8, 4) is 0 Å². The molecule has 0 aliphatic carbocycles. The number of aliphatic hydroxyl groups is 1. The first-order chi connectivity index (χ1) is 9.53. The molecule has 0 aliphatic heterocycles. The molecule has 1 aromatic carbocycles. The van der Waals surface area contributed by atoms with E-state index in [4.69, 9.17) is 5.11 Å². The minimum Gasteiger partial charge on any atom is -0.395 e. The quantitative estimate of drug-likeness (QED) is 0.904. The maximum Gasteiger partial charge on any atom is 0.416 e. The molecule has 0 unspecified atom stereocenters. The molecule has 8 heteroatoms. The molecule has 0 radical (unpaired) electrons. The third kappa shape index (κ3) is 3.75. The number of alkyl halides is 3. The van der Waals surface area contributed by atoms with Crippen LogP contribution < -0.4 is 0 Å². The van der Waals surface area contributed by atoms with Gasteiger partial charge in [-0.15, -0.1) is 0 Å². The number of aliphatic hydroxyl groups excluding tert-OH is 1. The average molecular weight is 325 g/mol. The van der Waals surface area contributed by atoms with Crippen LogP contribution in [-0.2, 0) is 16.2 Å². The summed E-state index contributed by atoms with van der Waals surface area (Å²) in [5.74, 6) is 0. The van der Waals surface area contributed by atoms with Crippen LogP contribution in [0.1, 0.15) is 25.0 Å². The second-order valence-corrected chi connectivity index (χ2v) is 6.72. The molecule has 0 heterocycles. The Bertz CT molecular complexity index is 597. The third-order valence-corrected chi connectivity index (χ3v) is 5.29. The Labute approximate surface area is 122 Å². The minimum atomic E-state index is -4.62. The summed E-state index contributed by atoms with van der Waals surface area (Å²) in [6.45, 7) is 3.74. The molecule has 0 spiro atoms.